The average Bonchev–Trinajstić information content (AvgIpc) is 2.47. The van der Waals surface area contributed by atoms with E-state index in [1.807, 2.05) is 12.1 Å². The highest BCUT2D eigenvalue weighted by Crippen LogP contribution is 2.15. The fourth-order valence-corrected chi connectivity index (χ4v) is 2.60. The third kappa shape index (κ3) is 4.97. The molecular weight excluding hydrogens is 250 g/mol. The van der Waals surface area contributed by atoms with Crippen molar-refractivity contribution in [2.75, 3.05) is 33.4 Å². The Morgan fingerprint density at radius 2 is 2.15 bits per heavy atom. The summed E-state index contributed by atoms with van der Waals surface area (Å²) in [6.45, 7) is 3.78. The monoisotopic (exact) mass is 273 g/mol. The summed E-state index contributed by atoms with van der Waals surface area (Å²) >= 11 is 0. The zero-order chi connectivity index (χ0) is 14.2. The average molecular weight is 273 g/mol. The Kier molecular flexibility index (Phi) is 6.07. The number of hydrogen-bond acceptors (Lipinski definition) is 3. The van der Waals surface area contributed by atoms with Crippen molar-refractivity contribution in [1.82, 2.24) is 4.90 Å². The van der Waals surface area contributed by atoms with Crippen LogP contribution in [0.2, 0.25) is 0 Å². The Hall–Kier alpha value is -1.34. The lowest BCUT2D eigenvalue weighted by Gasteiger charge is -2.27. The number of nitrogens with zero attached hydrogens (tertiary/aromatic N) is 1. The molecule has 0 aromatic heterocycles. The number of benzene rings is 1. The lowest BCUT2D eigenvalue weighted by molar-refractivity contribution is 0.0411. The molecule has 20 heavy (non-hydrogen) atoms. The van der Waals surface area contributed by atoms with Crippen LogP contribution in [0.15, 0.2) is 24.3 Å². The van der Waals surface area contributed by atoms with Gasteiger partial charge >= 0.3 is 0 Å². The van der Waals surface area contributed by atoms with Crippen LogP contribution in [-0.2, 0) is 11.3 Å². The second-order valence-corrected chi connectivity index (χ2v) is 5.44. The van der Waals surface area contributed by atoms with Crippen molar-refractivity contribution < 1.29 is 9.84 Å². The lowest BCUT2D eigenvalue weighted by atomic mass is 10.0. The Bertz CT molecular complexity index is 452. The number of aliphatic hydroxyl groups is 1. The molecule has 2 rings (SSSR count). The van der Waals surface area contributed by atoms with E-state index in [4.69, 9.17) is 9.84 Å². The van der Waals surface area contributed by atoms with Gasteiger partial charge in [-0.2, -0.15) is 0 Å². The molecule has 1 heterocycles. The fourth-order valence-electron chi connectivity index (χ4n) is 2.60. The van der Waals surface area contributed by atoms with Gasteiger partial charge in [0.15, 0.2) is 0 Å². The Balaban J connectivity index is 1.82. The topological polar surface area (TPSA) is 32.7 Å². The van der Waals surface area contributed by atoms with Gasteiger partial charge < -0.3 is 14.7 Å². The van der Waals surface area contributed by atoms with Gasteiger partial charge in [-0.3, -0.25) is 0 Å². The smallest absolute Gasteiger partial charge is 0.104 e. The highest BCUT2D eigenvalue weighted by atomic mass is 16.5. The third-order valence-electron chi connectivity index (χ3n) is 3.54. The first-order valence-electron chi connectivity index (χ1n) is 7.23. The van der Waals surface area contributed by atoms with Crippen LogP contribution in [0.5, 0.6) is 0 Å². The number of ether oxygens (including phenoxy) is 1. The van der Waals surface area contributed by atoms with Crippen LogP contribution in [0.25, 0.3) is 0 Å². The van der Waals surface area contributed by atoms with Crippen LogP contribution in [0.4, 0.5) is 0 Å². The van der Waals surface area contributed by atoms with Gasteiger partial charge in [-0.15, -0.1) is 0 Å². The van der Waals surface area contributed by atoms with Crippen LogP contribution >= 0.6 is 0 Å². The maximum atomic E-state index is 8.67. The predicted octanol–water partition coefficient (Wildman–Crippen LogP) is 1.89. The van der Waals surface area contributed by atoms with Crippen molar-refractivity contribution in [2.24, 2.45) is 5.92 Å². The standard InChI is InChI=1S/C17H23NO2/c1-18(13-17-5-3-11-20-14-17)12-16-8-6-15(7-9-16)4-2-10-19/h6-9,17,19H,3,5,10-14H2,1H3. The van der Waals surface area contributed by atoms with Gasteiger partial charge in [-0.1, -0.05) is 24.0 Å². The summed E-state index contributed by atoms with van der Waals surface area (Å²) in [6, 6.07) is 8.23. The summed E-state index contributed by atoms with van der Waals surface area (Å²) in [7, 11) is 2.16. The van der Waals surface area contributed by atoms with Crippen LogP contribution < -0.4 is 0 Å². The molecule has 1 saturated heterocycles. The highest BCUT2D eigenvalue weighted by Gasteiger charge is 2.15. The van der Waals surface area contributed by atoms with Gasteiger partial charge in [0.25, 0.3) is 0 Å². The maximum absolute atomic E-state index is 8.67. The molecule has 0 bridgehead atoms. The first kappa shape index (κ1) is 15.1. The molecule has 1 aromatic carbocycles. The summed E-state index contributed by atoms with van der Waals surface area (Å²) in [6.07, 6.45) is 2.47. The van der Waals surface area contributed by atoms with Crippen molar-refractivity contribution >= 4 is 0 Å². The Labute approximate surface area is 121 Å². The molecule has 0 aliphatic carbocycles. The largest absolute Gasteiger partial charge is 0.384 e. The van der Waals surface area contributed by atoms with Gasteiger partial charge in [0.2, 0.25) is 0 Å². The van der Waals surface area contributed by atoms with E-state index in [0.717, 1.165) is 31.9 Å². The van der Waals surface area contributed by atoms with Gasteiger partial charge in [-0.05, 0) is 43.5 Å². The van der Waals surface area contributed by atoms with Crippen molar-refractivity contribution in [2.45, 2.75) is 19.4 Å². The molecule has 3 nitrogen and oxygen atoms in total. The molecule has 1 N–H and O–H groups in total. The van der Waals surface area contributed by atoms with Crippen LogP contribution in [-0.4, -0.2) is 43.4 Å². The predicted molar refractivity (Wildman–Crippen MR) is 80.3 cm³/mol. The number of aliphatic hydroxyl groups excluding tert-OH is 1. The van der Waals surface area contributed by atoms with E-state index in [-0.39, 0.29) is 6.61 Å². The normalized spacial score (nSPS) is 18.6. The second-order valence-electron chi connectivity index (χ2n) is 5.44. The van der Waals surface area contributed by atoms with Crippen molar-refractivity contribution in [3.05, 3.63) is 35.4 Å². The fraction of sp³-hybridized carbons (Fsp3) is 0.529. The minimum absolute atomic E-state index is 0.0893. The first-order chi connectivity index (χ1) is 9.78. The summed E-state index contributed by atoms with van der Waals surface area (Å²) in [5.74, 6) is 6.24. The molecule has 1 unspecified atom stereocenters. The SMILES string of the molecule is CN(Cc1ccc(C#CCO)cc1)CC1CCCOC1. The van der Waals surface area contributed by atoms with E-state index in [1.54, 1.807) is 0 Å². The van der Waals surface area contributed by atoms with E-state index >= 15 is 0 Å². The van der Waals surface area contributed by atoms with Gasteiger partial charge in [0, 0.05) is 25.3 Å². The summed E-state index contributed by atoms with van der Waals surface area (Å²) in [4.78, 5) is 2.35. The summed E-state index contributed by atoms with van der Waals surface area (Å²) < 4.78 is 5.52. The van der Waals surface area contributed by atoms with Crippen molar-refractivity contribution in [3.63, 3.8) is 0 Å². The highest BCUT2D eigenvalue weighted by molar-refractivity contribution is 5.36. The van der Waals surface area contributed by atoms with Gasteiger partial charge in [0.05, 0.1) is 6.61 Å². The van der Waals surface area contributed by atoms with Crippen LogP contribution in [0, 0.1) is 17.8 Å². The number of hydrogen-bond donors (Lipinski definition) is 1. The minimum Gasteiger partial charge on any atom is -0.384 e. The lowest BCUT2D eigenvalue weighted by Crippen LogP contribution is -2.30. The van der Waals surface area contributed by atoms with Gasteiger partial charge in [-0.25, -0.2) is 0 Å². The summed E-state index contributed by atoms with van der Waals surface area (Å²) in [5, 5.41) is 8.67. The zero-order valence-corrected chi connectivity index (χ0v) is 12.1. The van der Waals surface area contributed by atoms with Gasteiger partial charge in [0.1, 0.15) is 6.61 Å². The second kappa shape index (κ2) is 8.06. The van der Waals surface area contributed by atoms with E-state index in [1.165, 1.54) is 18.4 Å². The van der Waals surface area contributed by atoms with Crippen LogP contribution in [0.1, 0.15) is 24.0 Å². The van der Waals surface area contributed by atoms with Crippen LogP contribution in [0.3, 0.4) is 0 Å². The Morgan fingerprint density at radius 3 is 2.80 bits per heavy atom. The minimum atomic E-state index is -0.0893. The van der Waals surface area contributed by atoms with Crippen molar-refractivity contribution in [3.8, 4) is 11.8 Å². The molecule has 0 amide bonds. The molecule has 0 radical (unpaired) electrons. The molecule has 1 aromatic rings. The van der Waals surface area contributed by atoms with E-state index in [2.05, 4.69) is 35.9 Å². The van der Waals surface area contributed by atoms with E-state index in [0.29, 0.717) is 5.92 Å². The molecule has 0 saturated carbocycles. The molecule has 1 aliphatic heterocycles. The molecule has 0 spiro atoms. The third-order valence-corrected chi connectivity index (χ3v) is 3.54. The quantitative estimate of drug-likeness (QED) is 0.850. The maximum Gasteiger partial charge on any atom is 0.104 e. The molecular formula is C17H23NO2. The first-order valence-corrected chi connectivity index (χ1v) is 7.23. The molecule has 3 heteroatoms. The zero-order valence-electron chi connectivity index (χ0n) is 12.1. The molecule has 1 atom stereocenters. The summed E-state index contributed by atoms with van der Waals surface area (Å²) in [5.41, 5.74) is 2.24. The molecule has 1 aliphatic rings. The van der Waals surface area contributed by atoms with Crippen molar-refractivity contribution in [1.29, 1.82) is 0 Å². The van der Waals surface area contributed by atoms with E-state index in [9.17, 15) is 0 Å². The number of rotatable bonds is 4. The van der Waals surface area contributed by atoms with E-state index < -0.39 is 0 Å². The Morgan fingerprint density at radius 1 is 1.35 bits per heavy atom. The molecule has 1 fully saturated rings. The molecule has 108 valence electrons.